The molecule has 0 bridgehead atoms. The lowest BCUT2D eigenvalue weighted by Gasteiger charge is -2.08. The van der Waals surface area contributed by atoms with Crippen LogP contribution in [0.15, 0.2) is 41.4 Å². The van der Waals surface area contributed by atoms with Gasteiger partial charge in [-0.1, -0.05) is 0 Å². The van der Waals surface area contributed by atoms with Crippen LogP contribution in [0.25, 0.3) is 0 Å². The van der Waals surface area contributed by atoms with E-state index in [4.69, 9.17) is 0 Å². The number of hydrogen-bond acceptors (Lipinski definition) is 4. The number of hydrogen-bond donors (Lipinski definition) is 2. The highest BCUT2D eigenvalue weighted by atomic mass is 32.2. The lowest BCUT2D eigenvalue weighted by atomic mass is 10.3. The summed E-state index contributed by atoms with van der Waals surface area (Å²) >= 11 is 0. The van der Waals surface area contributed by atoms with Gasteiger partial charge >= 0.3 is 0 Å². The Kier molecular flexibility index (Phi) is 5.51. The highest BCUT2D eigenvalue weighted by molar-refractivity contribution is 7.89. The van der Waals surface area contributed by atoms with Crippen molar-refractivity contribution in [2.75, 3.05) is 11.9 Å². The summed E-state index contributed by atoms with van der Waals surface area (Å²) in [6.45, 7) is 4.28. The number of rotatable bonds is 7. The molecule has 7 nitrogen and oxygen atoms in total. The highest BCUT2D eigenvalue weighted by Gasteiger charge is 2.13. The van der Waals surface area contributed by atoms with E-state index >= 15 is 0 Å². The summed E-state index contributed by atoms with van der Waals surface area (Å²) in [5.74, 6) is -0.201. The molecule has 1 amide bonds. The van der Waals surface area contributed by atoms with Crippen molar-refractivity contribution in [1.82, 2.24) is 14.5 Å². The number of carbonyl (C=O) groups excluding carboxylic acids is 1. The van der Waals surface area contributed by atoms with Gasteiger partial charge in [0.2, 0.25) is 15.9 Å². The number of carbonyl (C=O) groups is 1. The average Bonchev–Trinajstić information content (AvgIpc) is 2.89. The Bertz CT molecular complexity index is 766. The Balaban J connectivity index is 1.87. The Morgan fingerprint density at radius 2 is 1.91 bits per heavy atom. The van der Waals surface area contributed by atoms with E-state index in [0.717, 1.165) is 5.69 Å². The van der Waals surface area contributed by atoms with Crippen LogP contribution in [-0.2, 0) is 21.4 Å². The van der Waals surface area contributed by atoms with Gasteiger partial charge in [-0.15, -0.1) is 0 Å². The number of amides is 1. The monoisotopic (exact) mass is 336 g/mol. The van der Waals surface area contributed by atoms with E-state index in [1.807, 2.05) is 19.2 Å². The highest BCUT2D eigenvalue weighted by Crippen LogP contribution is 2.13. The fourth-order valence-corrected chi connectivity index (χ4v) is 3.11. The molecule has 2 N–H and O–H groups in total. The Morgan fingerprint density at radius 1 is 1.22 bits per heavy atom. The lowest BCUT2D eigenvalue weighted by molar-refractivity contribution is -0.114. The predicted octanol–water partition coefficient (Wildman–Crippen LogP) is 1.52. The van der Waals surface area contributed by atoms with Crippen molar-refractivity contribution in [3.8, 4) is 0 Å². The third-order valence-electron chi connectivity index (χ3n) is 3.12. The first kappa shape index (κ1) is 17.2. The second kappa shape index (κ2) is 7.38. The van der Waals surface area contributed by atoms with E-state index < -0.39 is 10.0 Å². The van der Waals surface area contributed by atoms with E-state index in [1.54, 1.807) is 16.8 Å². The molecule has 0 atom stereocenters. The zero-order valence-electron chi connectivity index (χ0n) is 13.1. The molecule has 0 radical (unpaired) electrons. The van der Waals surface area contributed by atoms with Crippen LogP contribution in [0.1, 0.15) is 19.0 Å². The van der Waals surface area contributed by atoms with Gasteiger partial charge in [0, 0.05) is 31.9 Å². The van der Waals surface area contributed by atoms with Crippen LogP contribution < -0.4 is 10.0 Å². The van der Waals surface area contributed by atoms with Crippen LogP contribution in [0.4, 0.5) is 5.69 Å². The van der Waals surface area contributed by atoms with Crippen molar-refractivity contribution in [3.63, 3.8) is 0 Å². The minimum Gasteiger partial charge on any atom is -0.326 e. The zero-order valence-corrected chi connectivity index (χ0v) is 13.9. The van der Waals surface area contributed by atoms with Gasteiger partial charge < -0.3 is 5.32 Å². The number of anilines is 1. The van der Waals surface area contributed by atoms with Crippen molar-refractivity contribution >= 4 is 21.6 Å². The number of benzene rings is 1. The Hall–Kier alpha value is -2.19. The van der Waals surface area contributed by atoms with Crippen LogP contribution >= 0.6 is 0 Å². The molecule has 0 saturated carbocycles. The predicted molar refractivity (Wildman–Crippen MR) is 87.5 cm³/mol. The molecule has 1 heterocycles. The summed E-state index contributed by atoms with van der Waals surface area (Å²) in [6, 6.07) is 7.95. The summed E-state index contributed by atoms with van der Waals surface area (Å²) in [4.78, 5) is 11.1. The molecule has 0 aliphatic carbocycles. The quantitative estimate of drug-likeness (QED) is 0.750. The number of aromatic nitrogens is 2. The van der Waals surface area contributed by atoms with Gasteiger partial charge in [0.1, 0.15) is 0 Å². The first-order valence-electron chi connectivity index (χ1n) is 7.24. The lowest BCUT2D eigenvalue weighted by Crippen LogP contribution is -2.25. The molecule has 0 saturated heterocycles. The smallest absolute Gasteiger partial charge is 0.240 e. The first-order valence-corrected chi connectivity index (χ1v) is 8.72. The molecule has 2 aromatic rings. The van der Waals surface area contributed by atoms with Crippen molar-refractivity contribution in [1.29, 1.82) is 0 Å². The average molecular weight is 336 g/mol. The van der Waals surface area contributed by atoms with Crippen molar-refractivity contribution in [2.45, 2.75) is 31.7 Å². The summed E-state index contributed by atoms with van der Waals surface area (Å²) in [5, 5.41) is 6.83. The molecular weight excluding hydrogens is 316 g/mol. The van der Waals surface area contributed by atoms with Gasteiger partial charge in [-0.05, 0) is 43.7 Å². The SMILES string of the molecule is CC(=O)Nc1ccc(S(=O)(=O)NCCCn2ccc(C)n2)cc1. The molecule has 0 aliphatic heterocycles. The van der Waals surface area contributed by atoms with Gasteiger partial charge in [-0.25, -0.2) is 13.1 Å². The largest absolute Gasteiger partial charge is 0.326 e. The summed E-state index contributed by atoms with van der Waals surface area (Å²) < 4.78 is 28.7. The summed E-state index contributed by atoms with van der Waals surface area (Å²) in [5.41, 5.74) is 1.50. The van der Waals surface area contributed by atoms with Crippen molar-refractivity contribution < 1.29 is 13.2 Å². The van der Waals surface area contributed by atoms with Gasteiger partial charge in [0.05, 0.1) is 10.6 Å². The Morgan fingerprint density at radius 3 is 2.48 bits per heavy atom. The minimum absolute atomic E-state index is 0.168. The maximum Gasteiger partial charge on any atom is 0.240 e. The van der Waals surface area contributed by atoms with E-state index in [-0.39, 0.29) is 10.8 Å². The Labute approximate surface area is 135 Å². The molecule has 1 aromatic heterocycles. The van der Waals surface area contributed by atoms with Gasteiger partial charge in [0.15, 0.2) is 0 Å². The molecule has 0 aliphatic rings. The third-order valence-corrected chi connectivity index (χ3v) is 4.59. The van der Waals surface area contributed by atoms with Crippen LogP contribution in [0.2, 0.25) is 0 Å². The number of sulfonamides is 1. The molecule has 1 aromatic carbocycles. The second-order valence-corrected chi connectivity index (χ2v) is 6.94. The molecule has 8 heteroatoms. The molecule has 124 valence electrons. The topological polar surface area (TPSA) is 93.1 Å². The zero-order chi connectivity index (χ0) is 16.9. The summed E-state index contributed by atoms with van der Waals surface area (Å²) in [6.07, 6.45) is 2.51. The van der Waals surface area contributed by atoms with E-state index in [1.165, 1.54) is 19.1 Å². The minimum atomic E-state index is -3.55. The third kappa shape index (κ3) is 5.19. The molecular formula is C15H20N4O3S. The van der Waals surface area contributed by atoms with Crippen LogP contribution in [0.5, 0.6) is 0 Å². The van der Waals surface area contributed by atoms with Crippen LogP contribution in [0, 0.1) is 6.92 Å². The van der Waals surface area contributed by atoms with Crippen molar-refractivity contribution in [3.05, 3.63) is 42.2 Å². The maximum atomic E-state index is 12.2. The van der Waals surface area contributed by atoms with E-state index in [2.05, 4.69) is 15.1 Å². The van der Waals surface area contributed by atoms with Gasteiger partial charge in [-0.3, -0.25) is 9.48 Å². The van der Waals surface area contributed by atoms with Gasteiger partial charge in [-0.2, -0.15) is 5.10 Å². The molecule has 2 rings (SSSR count). The fraction of sp³-hybridized carbons (Fsp3) is 0.333. The normalized spacial score (nSPS) is 11.4. The maximum absolute atomic E-state index is 12.2. The molecule has 0 unspecified atom stereocenters. The first-order chi connectivity index (χ1) is 10.9. The molecule has 0 spiro atoms. The number of nitrogens with one attached hydrogen (secondary N) is 2. The number of nitrogens with zero attached hydrogens (tertiary/aromatic N) is 2. The van der Waals surface area contributed by atoms with Crippen molar-refractivity contribution in [2.24, 2.45) is 0 Å². The van der Waals surface area contributed by atoms with Crippen LogP contribution in [-0.4, -0.2) is 30.7 Å². The standard InChI is InChI=1S/C15H20N4O3S/c1-12-8-11-19(18-12)10-3-9-16-23(21,22)15-6-4-14(5-7-15)17-13(2)20/h4-8,11,16H,3,9-10H2,1-2H3,(H,17,20). The van der Waals surface area contributed by atoms with Crippen LogP contribution in [0.3, 0.4) is 0 Å². The molecule has 23 heavy (non-hydrogen) atoms. The fourth-order valence-electron chi connectivity index (χ4n) is 2.04. The number of aryl methyl sites for hydroxylation is 2. The van der Waals surface area contributed by atoms with E-state index in [0.29, 0.717) is 25.2 Å². The van der Waals surface area contributed by atoms with Gasteiger partial charge in [0.25, 0.3) is 0 Å². The summed E-state index contributed by atoms with van der Waals surface area (Å²) in [7, 11) is -3.55. The molecule has 0 fully saturated rings. The second-order valence-electron chi connectivity index (χ2n) is 5.18. The van der Waals surface area contributed by atoms with E-state index in [9.17, 15) is 13.2 Å².